The molecule has 0 unspecified atom stereocenters. The second-order valence-electron chi connectivity index (χ2n) is 4.07. The quantitative estimate of drug-likeness (QED) is 0.833. The average Bonchev–Trinajstić information content (AvgIpc) is 2.86. The first-order chi connectivity index (χ1) is 9.65. The summed E-state index contributed by atoms with van der Waals surface area (Å²) in [5.74, 6) is 0.326. The van der Waals surface area contributed by atoms with E-state index in [0.717, 1.165) is 5.56 Å². The largest absolute Gasteiger partial charge is 0.496 e. The molecule has 20 heavy (non-hydrogen) atoms. The first-order valence-corrected chi connectivity index (χ1v) is 5.99. The van der Waals surface area contributed by atoms with Crippen LogP contribution in [-0.2, 0) is 6.54 Å². The maximum atomic E-state index is 12.2. The summed E-state index contributed by atoms with van der Waals surface area (Å²) in [6.07, 6.45) is 1.64. The zero-order valence-electron chi connectivity index (χ0n) is 11.3. The second-order valence-corrected chi connectivity index (χ2v) is 4.07. The molecule has 1 amide bonds. The number of nitrogens with zero attached hydrogens (tertiary/aromatic N) is 4. The average molecular weight is 273 g/mol. The topological polar surface area (TPSA) is 81.9 Å². The Morgan fingerprint density at radius 1 is 1.55 bits per heavy atom. The number of amides is 1. The molecule has 104 valence electrons. The fourth-order valence-corrected chi connectivity index (χ4v) is 1.76. The molecule has 0 radical (unpaired) electrons. The third-order valence-corrected chi connectivity index (χ3v) is 2.63. The SMILES string of the molecule is C=CCn1nnc(NC(=O)c2cccc(C)c2OC)n1. The van der Waals surface area contributed by atoms with Gasteiger partial charge in [-0.1, -0.05) is 23.3 Å². The zero-order chi connectivity index (χ0) is 14.5. The van der Waals surface area contributed by atoms with E-state index in [1.54, 1.807) is 18.2 Å². The summed E-state index contributed by atoms with van der Waals surface area (Å²) in [6.45, 7) is 5.87. The van der Waals surface area contributed by atoms with Gasteiger partial charge < -0.3 is 4.74 Å². The number of aromatic nitrogens is 4. The summed E-state index contributed by atoms with van der Waals surface area (Å²) in [5.41, 5.74) is 1.30. The summed E-state index contributed by atoms with van der Waals surface area (Å²) < 4.78 is 5.24. The van der Waals surface area contributed by atoms with E-state index < -0.39 is 0 Å². The van der Waals surface area contributed by atoms with Crippen molar-refractivity contribution in [3.05, 3.63) is 42.0 Å². The van der Waals surface area contributed by atoms with E-state index >= 15 is 0 Å². The van der Waals surface area contributed by atoms with Gasteiger partial charge >= 0.3 is 0 Å². The molecule has 1 aromatic heterocycles. The number of para-hydroxylation sites is 1. The van der Waals surface area contributed by atoms with Gasteiger partial charge in [-0.05, 0) is 23.8 Å². The van der Waals surface area contributed by atoms with Crippen molar-refractivity contribution in [3.63, 3.8) is 0 Å². The van der Waals surface area contributed by atoms with Crippen LogP contribution in [0, 0.1) is 6.92 Å². The molecule has 1 heterocycles. The van der Waals surface area contributed by atoms with E-state index in [1.165, 1.54) is 11.9 Å². The summed E-state index contributed by atoms with van der Waals surface area (Å²) >= 11 is 0. The zero-order valence-corrected chi connectivity index (χ0v) is 11.3. The minimum Gasteiger partial charge on any atom is -0.496 e. The number of carbonyl (C=O) groups excluding carboxylic acids is 1. The molecule has 0 atom stereocenters. The Balaban J connectivity index is 2.19. The molecule has 0 bridgehead atoms. The third kappa shape index (κ3) is 2.82. The van der Waals surface area contributed by atoms with Crippen molar-refractivity contribution in [2.75, 3.05) is 12.4 Å². The van der Waals surface area contributed by atoms with Crippen LogP contribution in [0.1, 0.15) is 15.9 Å². The lowest BCUT2D eigenvalue weighted by atomic mass is 10.1. The number of methoxy groups -OCH3 is 1. The molecule has 2 rings (SSSR count). The van der Waals surface area contributed by atoms with Crippen LogP contribution in [0.15, 0.2) is 30.9 Å². The van der Waals surface area contributed by atoms with E-state index in [9.17, 15) is 4.79 Å². The van der Waals surface area contributed by atoms with Crippen LogP contribution in [0.2, 0.25) is 0 Å². The van der Waals surface area contributed by atoms with Gasteiger partial charge in [0.1, 0.15) is 5.75 Å². The highest BCUT2D eigenvalue weighted by Crippen LogP contribution is 2.23. The van der Waals surface area contributed by atoms with Gasteiger partial charge in [-0.15, -0.1) is 11.7 Å². The fourth-order valence-electron chi connectivity index (χ4n) is 1.76. The highest BCUT2D eigenvalue weighted by molar-refractivity contribution is 6.05. The van der Waals surface area contributed by atoms with Gasteiger partial charge in [0.05, 0.1) is 19.2 Å². The van der Waals surface area contributed by atoms with Crippen LogP contribution in [0.4, 0.5) is 5.95 Å². The molecule has 1 aromatic carbocycles. The number of anilines is 1. The summed E-state index contributed by atoms with van der Waals surface area (Å²) in [6, 6.07) is 5.33. The van der Waals surface area contributed by atoms with Crippen LogP contribution < -0.4 is 10.1 Å². The van der Waals surface area contributed by atoms with Gasteiger partial charge in [-0.2, -0.15) is 4.80 Å². The molecule has 0 aliphatic heterocycles. The van der Waals surface area contributed by atoms with Gasteiger partial charge in [-0.3, -0.25) is 10.1 Å². The van der Waals surface area contributed by atoms with Crippen LogP contribution in [0.5, 0.6) is 5.75 Å². The summed E-state index contributed by atoms with van der Waals surface area (Å²) in [5, 5.41) is 14.1. The van der Waals surface area contributed by atoms with Crippen molar-refractivity contribution < 1.29 is 9.53 Å². The van der Waals surface area contributed by atoms with Crippen molar-refractivity contribution in [1.29, 1.82) is 0 Å². The van der Waals surface area contributed by atoms with E-state index in [2.05, 4.69) is 27.3 Å². The van der Waals surface area contributed by atoms with Crippen molar-refractivity contribution in [3.8, 4) is 5.75 Å². The molecule has 7 nitrogen and oxygen atoms in total. The Morgan fingerprint density at radius 2 is 2.35 bits per heavy atom. The minimum absolute atomic E-state index is 0.139. The summed E-state index contributed by atoms with van der Waals surface area (Å²) in [7, 11) is 1.53. The van der Waals surface area contributed by atoms with Crippen molar-refractivity contribution in [2.24, 2.45) is 0 Å². The Kier molecular flexibility index (Phi) is 4.09. The highest BCUT2D eigenvalue weighted by Gasteiger charge is 2.15. The predicted molar refractivity (Wildman–Crippen MR) is 73.7 cm³/mol. The molecule has 0 aliphatic rings. The minimum atomic E-state index is -0.344. The lowest BCUT2D eigenvalue weighted by molar-refractivity contribution is 0.102. The van der Waals surface area contributed by atoms with Crippen molar-refractivity contribution in [2.45, 2.75) is 13.5 Å². The van der Waals surface area contributed by atoms with Gasteiger partial charge in [0.15, 0.2) is 0 Å². The molecular formula is C13H15N5O2. The van der Waals surface area contributed by atoms with Crippen molar-refractivity contribution in [1.82, 2.24) is 20.2 Å². The van der Waals surface area contributed by atoms with Crippen LogP contribution in [0.3, 0.4) is 0 Å². The number of hydrogen-bond donors (Lipinski definition) is 1. The van der Waals surface area contributed by atoms with E-state index in [1.807, 2.05) is 13.0 Å². The standard InChI is InChI=1S/C13H15N5O2/c1-4-8-18-16-13(15-17-18)14-12(19)10-7-5-6-9(2)11(10)20-3/h4-7H,1,8H2,2-3H3,(H,14,16,19). The number of nitrogens with one attached hydrogen (secondary N) is 1. The number of rotatable bonds is 5. The molecule has 0 spiro atoms. The first-order valence-electron chi connectivity index (χ1n) is 5.99. The Bertz CT molecular complexity index is 635. The van der Waals surface area contributed by atoms with Crippen LogP contribution >= 0.6 is 0 Å². The number of benzene rings is 1. The smallest absolute Gasteiger partial charge is 0.270 e. The number of allylic oxidation sites excluding steroid dienone is 1. The molecule has 1 N–H and O–H groups in total. The number of carbonyl (C=O) groups is 1. The second kappa shape index (κ2) is 5.96. The lowest BCUT2D eigenvalue weighted by Gasteiger charge is -2.09. The lowest BCUT2D eigenvalue weighted by Crippen LogP contribution is -2.15. The molecule has 0 saturated carbocycles. The number of aryl methyl sites for hydroxylation is 1. The summed E-state index contributed by atoms with van der Waals surface area (Å²) in [4.78, 5) is 13.5. The van der Waals surface area contributed by atoms with Gasteiger partial charge in [-0.25, -0.2) is 0 Å². The normalized spacial score (nSPS) is 10.1. The van der Waals surface area contributed by atoms with E-state index in [4.69, 9.17) is 4.74 Å². The van der Waals surface area contributed by atoms with E-state index in [-0.39, 0.29) is 11.9 Å². The molecule has 0 aliphatic carbocycles. The maximum Gasteiger partial charge on any atom is 0.270 e. The molecule has 0 fully saturated rings. The monoisotopic (exact) mass is 273 g/mol. The van der Waals surface area contributed by atoms with Gasteiger partial charge in [0, 0.05) is 0 Å². The first kappa shape index (κ1) is 13.7. The predicted octanol–water partition coefficient (Wildman–Crippen LogP) is 1.43. The number of tetrazole rings is 1. The maximum absolute atomic E-state index is 12.2. The number of hydrogen-bond acceptors (Lipinski definition) is 5. The highest BCUT2D eigenvalue weighted by atomic mass is 16.5. The van der Waals surface area contributed by atoms with Crippen molar-refractivity contribution >= 4 is 11.9 Å². The fraction of sp³-hybridized carbons (Fsp3) is 0.231. The Morgan fingerprint density at radius 3 is 3.05 bits per heavy atom. The number of ether oxygens (including phenoxy) is 1. The third-order valence-electron chi connectivity index (χ3n) is 2.63. The van der Waals surface area contributed by atoms with E-state index in [0.29, 0.717) is 17.9 Å². The van der Waals surface area contributed by atoms with Crippen LogP contribution in [-0.4, -0.2) is 33.2 Å². The Labute approximate surface area is 116 Å². The van der Waals surface area contributed by atoms with Gasteiger partial charge in [0.25, 0.3) is 11.9 Å². The molecular weight excluding hydrogens is 258 g/mol. The molecule has 2 aromatic rings. The Hall–Kier alpha value is -2.70. The molecule has 0 saturated heterocycles. The van der Waals surface area contributed by atoms with Gasteiger partial charge in [0.2, 0.25) is 0 Å². The molecule has 7 heteroatoms. The van der Waals surface area contributed by atoms with Crippen LogP contribution in [0.25, 0.3) is 0 Å².